The van der Waals surface area contributed by atoms with Crippen molar-refractivity contribution in [3.05, 3.63) is 30.1 Å². The number of sulfone groups is 1. The molecular formula is C14H19FO3S. The maximum atomic E-state index is 13.2. The highest BCUT2D eigenvalue weighted by Crippen LogP contribution is 2.42. The molecule has 106 valence electrons. The number of ether oxygens (including phenoxy) is 1. The lowest BCUT2D eigenvalue weighted by Gasteiger charge is -2.27. The predicted molar refractivity (Wildman–Crippen MR) is 71.2 cm³/mol. The van der Waals surface area contributed by atoms with Crippen molar-refractivity contribution in [3.8, 4) is 0 Å². The van der Waals surface area contributed by atoms with E-state index in [4.69, 9.17) is 4.74 Å². The number of rotatable bonds is 2. The molecule has 0 bridgehead atoms. The van der Waals surface area contributed by atoms with Gasteiger partial charge in [-0.05, 0) is 52.3 Å². The first kappa shape index (κ1) is 14.5. The average Bonchev–Trinajstić information content (AvgIpc) is 2.47. The molecule has 1 aliphatic heterocycles. The third kappa shape index (κ3) is 2.67. The maximum absolute atomic E-state index is 13.2. The van der Waals surface area contributed by atoms with Crippen LogP contribution >= 0.6 is 0 Å². The number of halogens is 1. The van der Waals surface area contributed by atoms with Crippen molar-refractivity contribution in [2.75, 3.05) is 0 Å². The van der Waals surface area contributed by atoms with Crippen LogP contribution in [0.5, 0.6) is 0 Å². The van der Waals surface area contributed by atoms with Gasteiger partial charge in [0.1, 0.15) is 5.82 Å². The van der Waals surface area contributed by atoms with E-state index in [1.165, 1.54) is 18.2 Å². The molecule has 0 radical (unpaired) electrons. The highest BCUT2D eigenvalue weighted by atomic mass is 32.2. The Balaban J connectivity index is 2.46. The predicted octanol–water partition coefficient (Wildman–Crippen LogP) is 2.95. The molecule has 0 N–H and O–H groups in total. The van der Waals surface area contributed by atoms with Crippen LogP contribution in [-0.4, -0.2) is 24.9 Å². The highest BCUT2D eigenvalue weighted by molar-refractivity contribution is 7.92. The smallest absolute Gasteiger partial charge is 0.184 e. The quantitative estimate of drug-likeness (QED) is 0.839. The van der Waals surface area contributed by atoms with Crippen molar-refractivity contribution in [3.63, 3.8) is 0 Å². The summed E-state index contributed by atoms with van der Waals surface area (Å²) in [6, 6.07) is 5.14. The van der Waals surface area contributed by atoms with Crippen LogP contribution in [0, 0.1) is 5.82 Å². The summed E-state index contributed by atoms with van der Waals surface area (Å²) in [6.45, 7) is 7.28. The van der Waals surface area contributed by atoms with Gasteiger partial charge in [0.15, 0.2) is 9.84 Å². The van der Waals surface area contributed by atoms with E-state index < -0.39 is 32.1 Å². The normalized spacial score (nSPS) is 25.4. The fraction of sp³-hybridized carbons (Fsp3) is 0.571. The van der Waals surface area contributed by atoms with Crippen LogP contribution in [-0.2, 0) is 14.6 Å². The molecule has 1 atom stereocenters. The minimum Gasteiger partial charge on any atom is -0.368 e. The Hall–Kier alpha value is -0.940. The fourth-order valence-electron chi connectivity index (χ4n) is 2.80. The van der Waals surface area contributed by atoms with E-state index in [0.717, 1.165) is 6.07 Å². The van der Waals surface area contributed by atoms with Crippen LogP contribution in [0.4, 0.5) is 4.39 Å². The van der Waals surface area contributed by atoms with E-state index >= 15 is 0 Å². The standard InChI is InChI=1S/C14H19FO3S/c1-13(2)9-12(14(3,4)18-13)19(16,17)11-7-5-6-10(15)8-11/h5-8,12H,9H2,1-4H3. The van der Waals surface area contributed by atoms with E-state index in [-0.39, 0.29) is 4.90 Å². The summed E-state index contributed by atoms with van der Waals surface area (Å²) in [5.74, 6) is -0.544. The van der Waals surface area contributed by atoms with Crippen molar-refractivity contribution in [2.45, 2.75) is 55.5 Å². The van der Waals surface area contributed by atoms with Crippen molar-refractivity contribution in [1.29, 1.82) is 0 Å². The lowest BCUT2D eigenvalue weighted by Crippen LogP contribution is -2.38. The third-order valence-electron chi connectivity index (χ3n) is 3.49. The molecule has 19 heavy (non-hydrogen) atoms. The molecule has 0 spiro atoms. The molecule has 3 nitrogen and oxygen atoms in total. The first-order valence-corrected chi connectivity index (χ1v) is 7.79. The highest BCUT2D eigenvalue weighted by Gasteiger charge is 2.52. The van der Waals surface area contributed by atoms with Crippen LogP contribution in [0.15, 0.2) is 29.2 Å². The lowest BCUT2D eigenvalue weighted by atomic mass is 10.0. The van der Waals surface area contributed by atoms with Gasteiger partial charge in [0.2, 0.25) is 0 Å². The molecule has 5 heteroatoms. The summed E-state index contributed by atoms with van der Waals surface area (Å²) in [6.07, 6.45) is 0.402. The van der Waals surface area contributed by atoms with Crippen molar-refractivity contribution >= 4 is 9.84 Å². The Morgan fingerprint density at radius 3 is 2.37 bits per heavy atom. The number of benzene rings is 1. The second-order valence-electron chi connectivity index (χ2n) is 6.16. The van der Waals surface area contributed by atoms with Crippen LogP contribution in [0.25, 0.3) is 0 Å². The molecule has 1 saturated heterocycles. The molecule has 0 saturated carbocycles. The van der Waals surface area contributed by atoms with Crippen LogP contribution < -0.4 is 0 Å². The van der Waals surface area contributed by atoms with Crippen molar-refractivity contribution in [1.82, 2.24) is 0 Å². The first-order valence-electron chi connectivity index (χ1n) is 6.24. The van der Waals surface area contributed by atoms with E-state index in [0.29, 0.717) is 6.42 Å². The third-order valence-corrected chi connectivity index (χ3v) is 5.89. The molecule has 0 amide bonds. The molecule has 0 aliphatic carbocycles. The fourth-order valence-corrected chi connectivity index (χ4v) is 5.09. The molecule has 1 aromatic carbocycles. The van der Waals surface area contributed by atoms with Crippen molar-refractivity contribution < 1.29 is 17.5 Å². The van der Waals surface area contributed by atoms with Crippen LogP contribution in [0.1, 0.15) is 34.1 Å². The summed E-state index contributed by atoms with van der Waals surface area (Å²) in [5.41, 5.74) is -1.27. The minimum atomic E-state index is -3.60. The Morgan fingerprint density at radius 1 is 1.26 bits per heavy atom. The molecule has 1 aliphatic rings. The Morgan fingerprint density at radius 2 is 1.89 bits per heavy atom. The summed E-state index contributed by atoms with van der Waals surface area (Å²) < 4.78 is 44.3. The molecule has 1 fully saturated rings. The van der Waals surface area contributed by atoms with Gasteiger partial charge in [-0.2, -0.15) is 0 Å². The topological polar surface area (TPSA) is 43.4 Å². The van der Waals surface area contributed by atoms with E-state index in [1.54, 1.807) is 13.8 Å². The first-order chi connectivity index (χ1) is 8.55. The van der Waals surface area contributed by atoms with E-state index in [1.807, 2.05) is 13.8 Å². The van der Waals surface area contributed by atoms with Crippen molar-refractivity contribution in [2.24, 2.45) is 0 Å². The van der Waals surface area contributed by atoms with Gasteiger partial charge < -0.3 is 4.74 Å². The van der Waals surface area contributed by atoms with E-state index in [9.17, 15) is 12.8 Å². The molecule has 2 rings (SSSR count). The summed E-state index contributed by atoms with van der Waals surface area (Å²) in [4.78, 5) is 0.0203. The minimum absolute atomic E-state index is 0.0203. The molecule has 1 unspecified atom stereocenters. The molecular weight excluding hydrogens is 267 g/mol. The number of hydrogen-bond acceptors (Lipinski definition) is 3. The van der Waals surface area contributed by atoms with Crippen LogP contribution in [0.2, 0.25) is 0 Å². The molecule has 1 aromatic rings. The molecule has 0 aromatic heterocycles. The lowest BCUT2D eigenvalue weighted by molar-refractivity contribution is -0.0635. The van der Waals surface area contributed by atoms with Gasteiger partial charge in [0.25, 0.3) is 0 Å². The number of hydrogen-bond donors (Lipinski definition) is 0. The zero-order chi connectivity index (χ0) is 14.5. The molecule has 1 heterocycles. The monoisotopic (exact) mass is 286 g/mol. The maximum Gasteiger partial charge on any atom is 0.184 e. The second kappa shape index (κ2) is 4.28. The summed E-state index contributed by atoms with van der Waals surface area (Å²) in [5, 5.41) is -0.670. The van der Waals surface area contributed by atoms with Gasteiger partial charge in [-0.15, -0.1) is 0 Å². The van der Waals surface area contributed by atoms with E-state index in [2.05, 4.69) is 0 Å². The Kier molecular flexibility index (Phi) is 3.26. The van der Waals surface area contributed by atoms with Gasteiger partial charge in [0.05, 0.1) is 21.3 Å². The van der Waals surface area contributed by atoms with Gasteiger partial charge in [0, 0.05) is 0 Å². The summed E-state index contributed by atoms with van der Waals surface area (Å²) >= 11 is 0. The van der Waals surface area contributed by atoms with Gasteiger partial charge in [-0.1, -0.05) is 6.07 Å². The Labute approximate surface area is 113 Å². The Bertz CT molecular complexity index is 590. The SMILES string of the molecule is CC1(C)CC(S(=O)(=O)c2cccc(F)c2)C(C)(C)O1. The zero-order valence-electron chi connectivity index (χ0n) is 11.6. The second-order valence-corrected chi connectivity index (χ2v) is 8.29. The average molecular weight is 286 g/mol. The largest absolute Gasteiger partial charge is 0.368 e. The van der Waals surface area contributed by atoms with Gasteiger partial charge >= 0.3 is 0 Å². The van der Waals surface area contributed by atoms with Gasteiger partial charge in [-0.25, -0.2) is 12.8 Å². The van der Waals surface area contributed by atoms with Crippen LogP contribution in [0.3, 0.4) is 0 Å². The summed E-state index contributed by atoms with van der Waals surface area (Å²) in [7, 11) is -3.60. The zero-order valence-corrected chi connectivity index (χ0v) is 12.4. The van der Waals surface area contributed by atoms with Gasteiger partial charge in [-0.3, -0.25) is 0 Å².